The van der Waals surface area contributed by atoms with Crippen molar-refractivity contribution in [1.82, 2.24) is 9.55 Å². The van der Waals surface area contributed by atoms with E-state index in [1.165, 1.54) is 32.1 Å². The molecule has 1 aromatic carbocycles. The molecule has 18 heavy (non-hydrogen) atoms. The van der Waals surface area contributed by atoms with Gasteiger partial charge in [-0.25, -0.2) is 4.98 Å². The topological polar surface area (TPSA) is 66.6 Å². The van der Waals surface area contributed by atoms with E-state index in [-0.39, 0.29) is 0 Å². The van der Waals surface area contributed by atoms with Crippen molar-refractivity contribution < 1.29 is 0 Å². The van der Waals surface area contributed by atoms with Gasteiger partial charge in [0.1, 0.15) is 0 Å². The Morgan fingerprint density at radius 2 is 2.11 bits per heavy atom. The van der Waals surface area contributed by atoms with E-state index in [1.807, 2.05) is 24.5 Å². The summed E-state index contributed by atoms with van der Waals surface area (Å²) in [7, 11) is 0. The minimum atomic E-state index is 0.578. The van der Waals surface area contributed by atoms with Gasteiger partial charge in [0, 0.05) is 16.6 Å². The Labute approximate surface area is 105 Å². The zero-order chi connectivity index (χ0) is 12.4. The fourth-order valence-corrected chi connectivity index (χ4v) is 2.78. The van der Waals surface area contributed by atoms with Crippen molar-refractivity contribution in [2.75, 3.05) is 0 Å². The lowest BCUT2D eigenvalue weighted by molar-refractivity contribution is 0.359. The molecule has 0 N–H and O–H groups in total. The van der Waals surface area contributed by atoms with E-state index >= 15 is 0 Å². The first-order valence-electron chi connectivity index (χ1n) is 6.40. The van der Waals surface area contributed by atoms with Crippen molar-refractivity contribution in [3.8, 4) is 0 Å². The van der Waals surface area contributed by atoms with Gasteiger partial charge in [0.05, 0.1) is 17.4 Å². The standard InChI is InChI=1S/C13H15N5/c14-17-16-10-6-7-13-12(8-10)15-9-18(13)11-4-2-1-3-5-11/h6-9,11H,1-5H2. The maximum absolute atomic E-state index is 8.43. The molecule has 1 heterocycles. The first kappa shape index (κ1) is 11.1. The van der Waals surface area contributed by atoms with Crippen LogP contribution in [0.25, 0.3) is 21.5 Å². The Morgan fingerprint density at radius 1 is 1.28 bits per heavy atom. The molecule has 1 aromatic heterocycles. The average molecular weight is 241 g/mol. The van der Waals surface area contributed by atoms with Gasteiger partial charge in [-0.2, -0.15) is 0 Å². The van der Waals surface area contributed by atoms with Crippen LogP contribution in [-0.2, 0) is 0 Å². The molecule has 1 aliphatic rings. The molecule has 0 unspecified atom stereocenters. The molecule has 92 valence electrons. The minimum Gasteiger partial charge on any atom is -0.327 e. The highest BCUT2D eigenvalue weighted by Crippen LogP contribution is 2.31. The third-order valence-electron chi connectivity index (χ3n) is 3.69. The first-order valence-corrected chi connectivity index (χ1v) is 6.40. The second-order valence-electron chi connectivity index (χ2n) is 4.81. The Hall–Kier alpha value is -2.00. The molecule has 5 heteroatoms. The highest BCUT2D eigenvalue weighted by Gasteiger charge is 2.17. The van der Waals surface area contributed by atoms with Crippen molar-refractivity contribution in [2.24, 2.45) is 5.11 Å². The number of benzene rings is 1. The van der Waals surface area contributed by atoms with Crippen molar-refractivity contribution in [2.45, 2.75) is 38.1 Å². The van der Waals surface area contributed by atoms with Crippen molar-refractivity contribution in [1.29, 1.82) is 0 Å². The van der Waals surface area contributed by atoms with Gasteiger partial charge < -0.3 is 4.57 Å². The van der Waals surface area contributed by atoms with E-state index in [0.29, 0.717) is 11.7 Å². The minimum absolute atomic E-state index is 0.578. The lowest BCUT2D eigenvalue weighted by atomic mass is 9.95. The predicted molar refractivity (Wildman–Crippen MR) is 70.7 cm³/mol. The number of azide groups is 1. The predicted octanol–water partition coefficient (Wildman–Crippen LogP) is 4.48. The fourth-order valence-electron chi connectivity index (χ4n) is 2.78. The van der Waals surface area contributed by atoms with Crippen LogP contribution in [0.1, 0.15) is 38.1 Å². The van der Waals surface area contributed by atoms with Crippen LogP contribution in [0.3, 0.4) is 0 Å². The molecule has 0 spiro atoms. The second-order valence-corrected chi connectivity index (χ2v) is 4.81. The molecule has 0 radical (unpaired) electrons. The van der Waals surface area contributed by atoms with Crippen LogP contribution in [0, 0.1) is 0 Å². The lowest BCUT2D eigenvalue weighted by Gasteiger charge is -2.23. The molecule has 1 saturated carbocycles. The van der Waals surface area contributed by atoms with E-state index in [2.05, 4.69) is 19.6 Å². The van der Waals surface area contributed by atoms with Crippen LogP contribution in [0.4, 0.5) is 5.69 Å². The van der Waals surface area contributed by atoms with Crippen LogP contribution in [0.5, 0.6) is 0 Å². The van der Waals surface area contributed by atoms with E-state index in [4.69, 9.17) is 5.53 Å². The Balaban J connectivity index is 2.01. The third-order valence-corrected chi connectivity index (χ3v) is 3.69. The van der Waals surface area contributed by atoms with E-state index in [1.54, 1.807) is 0 Å². The van der Waals surface area contributed by atoms with Gasteiger partial charge >= 0.3 is 0 Å². The van der Waals surface area contributed by atoms with E-state index < -0.39 is 0 Å². The van der Waals surface area contributed by atoms with Gasteiger partial charge in [0.15, 0.2) is 0 Å². The molecule has 0 bridgehead atoms. The number of rotatable bonds is 2. The number of hydrogen-bond acceptors (Lipinski definition) is 2. The molecule has 0 saturated heterocycles. The summed E-state index contributed by atoms with van der Waals surface area (Å²) in [5.41, 5.74) is 11.1. The summed E-state index contributed by atoms with van der Waals surface area (Å²) < 4.78 is 2.27. The molecule has 2 aromatic rings. The summed E-state index contributed by atoms with van der Waals surface area (Å²) in [5.74, 6) is 0. The second kappa shape index (κ2) is 4.70. The van der Waals surface area contributed by atoms with Gasteiger partial charge in [-0.15, -0.1) is 0 Å². The average Bonchev–Trinajstić information content (AvgIpc) is 2.83. The van der Waals surface area contributed by atoms with Gasteiger partial charge in [-0.05, 0) is 30.5 Å². The number of imidazole rings is 1. The monoisotopic (exact) mass is 241 g/mol. The molecule has 0 amide bonds. The van der Waals surface area contributed by atoms with Crippen LogP contribution < -0.4 is 0 Å². The Kier molecular flexibility index (Phi) is 2.90. The summed E-state index contributed by atoms with van der Waals surface area (Å²) in [6.45, 7) is 0. The maximum Gasteiger partial charge on any atom is 0.0960 e. The largest absolute Gasteiger partial charge is 0.327 e. The van der Waals surface area contributed by atoms with Gasteiger partial charge in [0.2, 0.25) is 0 Å². The van der Waals surface area contributed by atoms with Gasteiger partial charge in [-0.3, -0.25) is 0 Å². The summed E-state index contributed by atoms with van der Waals surface area (Å²) in [4.78, 5) is 7.22. The highest BCUT2D eigenvalue weighted by atomic mass is 15.1. The smallest absolute Gasteiger partial charge is 0.0960 e. The maximum atomic E-state index is 8.43. The lowest BCUT2D eigenvalue weighted by Crippen LogP contribution is -2.11. The quantitative estimate of drug-likeness (QED) is 0.434. The van der Waals surface area contributed by atoms with Crippen molar-refractivity contribution >= 4 is 16.7 Å². The summed E-state index contributed by atoms with van der Waals surface area (Å²) in [5, 5.41) is 3.61. The molecule has 3 rings (SSSR count). The van der Waals surface area contributed by atoms with E-state index in [0.717, 1.165) is 11.0 Å². The van der Waals surface area contributed by atoms with E-state index in [9.17, 15) is 0 Å². The first-order chi connectivity index (χ1) is 8.88. The molecule has 5 nitrogen and oxygen atoms in total. The Bertz CT molecular complexity index is 603. The zero-order valence-corrected chi connectivity index (χ0v) is 10.2. The number of aromatic nitrogens is 2. The molecule has 0 aliphatic heterocycles. The van der Waals surface area contributed by atoms with Crippen LogP contribution in [0.2, 0.25) is 0 Å². The summed E-state index contributed by atoms with van der Waals surface area (Å²) >= 11 is 0. The summed E-state index contributed by atoms with van der Waals surface area (Å²) in [6.07, 6.45) is 8.36. The molecule has 1 fully saturated rings. The normalized spacial score (nSPS) is 16.7. The van der Waals surface area contributed by atoms with Crippen LogP contribution in [-0.4, -0.2) is 9.55 Å². The zero-order valence-electron chi connectivity index (χ0n) is 10.2. The number of nitrogens with zero attached hydrogens (tertiary/aromatic N) is 5. The fraction of sp³-hybridized carbons (Fsp3) is 0.462. The molecule has 0 atom stereocenters. The van der Waals surface area contributed by atoms with Crippen LogP contribution in [0.15, 0.2) is 29.6 Å². The number of fused-ring (bicyclic) bond motifs is 1. The van der Waals surface area contributed by atoms with Crippen molar-refractivity contribution in [3.05, 3.63) is 35.0 Å². The van der Waals surface area contributed by atoms with Crippen LogP contribution >= 0.6 is 0 Å². The molecule has 1 aliphatic carbocycles. The third kappa shape index (κ3) is 1.93. The van der Waals surface area contributed by atoms with Crippen molar-refractivity contribution in [3.63, 3.8) is 0 Å². The van der Waals surface area contributed by atoms with Gasteiger partial charge in [-0.1, -0.05) is 30.4 Å². The Morgan fingerprint density at radius 3 is 2.89 bits per heavy atom. The molecular formula is C13H15N5. The SMILES string of the molecule is [N-]=[N+]=Nc1ccc2c(c1)ncn2C1CCCCC1. The summed E-state index contributed by atoms with van der Waals surface area (Å²) in [6, 6.07) is 6.27. The molecular weight excluding hydrogens is 226 g/mol. The highest BCUT2D eigenvalue weighted by molar-refractivity contribution is 5.78. The number of hydrogen-bond donors (Lipinski definition) is 0. The van der Waals surface area contributed by atoms with Gasteiger partial charge in [0.25, 0.3) is 0 Å².